The van der Waals surface area contributed by atoms with E-state index in [1.54, 1.807) is 30.3 Å². The van der Waals surface area contributed by atoms with Gasteiger partial charge in [-0.1, -0.05) is 48.5 Å². The van der Waals surface area contributed by atoms with Crippen LogP contribution in [0, 0.1) is 5.82 Å². The molecule has 5 heteroatoms. The number of hydrogen-bond acceptors (Lipinski definition) is 2. The molecule has 2 amide bonds. The third kappa shape index (κ3) is 2.91. The van der Waals surface area contributed by atoms with Crippen molar-refractivity contribution in [1.82, 2.24) is 0 Å². The smallest absolute Gasteiger partial charge is 0.323 e. The van der Waals surface area contributed by atoms with Crippen LogP contribution in [0.4, 0.5) is 20.6 Å². The van der Waals surface area contributed by atoms with E-state index in [1.807, 2.05) is 36.4 Å². The van der Waals surface area contributed by atoms with Gasteiger partial charge in [0.1, 0.15) is 0 Å². The van der Waals surface area contributed by atoms with Crippen LogP contribution >= 0.6 is 0 Å². The van der Waals surface area contributed by atoms with Crippen LogP contribution in [0.1, 0.15) is 0 Å². The highest BCUT2D eigenvalue weighted by Gasteiger charge is 2.12. The van der Waals surface area contributed by atoms with E-state index in [9.17, 15) is 14.3 Å². The molecule has 128 valence electrons. The van der Waals surface area contributed by atoms with Gasteiger partial charge in [-0.15, -0.1) is 0 Å². The summed E-state index contributed by atoms with van der Waals surface area (Å²) < 4.78 is 14.3. The number of phenolic OH excluding ortho intramolecular Hbond substituents is 1. The molecule has 0 aromatic heterocycles. The fourth-order valence-electron chi connectivity index (χ4n) is 2.98. The van der Waals surface area contributed by atoms with Gasteiger partial charge in [0.2, 0.25) is 0 Å². The van der Waals surface area contributed by atoms with Crippen molar-refractivity contribution >= 4 is 39.0 Å². The predicted octanol–water partition coefficient (Wildman–Crippen LogP) is 5.48. The number of amides is 2. The Labute approximate surface area is 148 Å². The molecule has 4 rings (SSSR count). The third-order valence-corrected chi connectivity index (χ3v) is 4.22. The predicted molar refractivity (Wildman–Crippen MR) is 102 cm³/mol. The van der Waals surface area contributed by atoms with Crippen LogP contribution in [0.15, 0.2) is 72.8 Å². The molecule has 0 radical (unpaired) electrons. The first-order valence-corrected chi connectivity index (χ1v) is 8.09. The zero-order valence-electron chi connectivity index (χ0n) is 13.7. The van der Waals surface area contributed by atoms with Gasteiger partial charge >= 0.3 is 6.03 Å². The lowest BCUT2D eigenvalue weighted by Gasteiger charge is -2.12. The minimum Gasteiger partial charge on any atom is -0.505 e. The van der Waals surface area contributed by atoms with Crippen LogP contribution in [-0.4, -0.2) is 11.1 Å². The summed E-state index contributed by atoms with van der Waals surface area (Å²) in [6.07, 6.45) is 0. The molecule has 0 atom stereocenters. The minimum atomic E-state index is -0.760. The zero-order valence-corrected chi connectivity index (χ0v) is 13.7. The van der Waals surface area contributed by atoms with Crippen LogP contribution in [0.3, 0.4) is 0 Å². The van der Waals surface area contributed by atoms with Crippen LogP contribution in [0.2, 0.25) is 0 Å². The van der Waals surface area contributed by atoms with Gasteiger partial charge in [-0.25, -0.2) is 9.18 Å². The Morgan fingerprint density at radius 2 is 1.54 bits per heavy atom. The Morgan fingerprint density at radius 3 is 2.38 bits per heavy atom. The lowest BCUT2D eigenvalue weighted by Crippen LogP contribution is -2.19. The van der Waals surface area contributed by atoms with Crippen molar-refractivity contribution in [3.63, 3.8) is 0 Å². The molecule has 4 aromatic rings. The number of aromatic hydroxyl groups is 1. The zero-order chi connectivity index (χ0) is 18.1. The maximum Gasteiger partial charge on any atom is 0.323 e. The summed E-state index contributed by atoms with van der Waals surface area (Å²) in [6.45, 7) is 0. The van der Waals surface area contributed by atoms with Crippen molar-refractivity contribution in [3.8, 4) is 5.75 Å². The van der Waals surface area contributed by atoms with Crippen LogP contribution < -0.4 is 10.6 Å². The molecular formula is C21H15FN2O2. The number of rotatable bonds is 2. The number of anilines is 2. The molecule has 3 N–H and O–H groups in total. The Bertz CT molecular complexity index is 1140. The van der Waals surface area contributed by atoms with E-state index in [0.717, 1.165) is 10.8 Å². The standard InChI is InChI=1S/C21H15FN2O2/c22-20-18(25)11-9-14-6-3-7-17(19(14)20)24-21(26)23-16-10-8-13-4-1-2-5-15(13)12-16/h1-12,25H,(H2,23,24,26). The molecule has 0 saturated heterocycles. The lowest BCUT2D eigenvalue weighted by molar-refractivity contribution is 0.262. The second-order valence-corrected chi connectivity index (χ2v) is 5.94. The first-order valence-electron chi connectivity index (χ1n) is 8.09. The molecule has 4 nitrogen and oxygen atoms in total. The number of hydrogen-bond donors (Lipinski definition) is 3. The topological polar surface area (TPSA) is 61.4 Å². The number of urea groups is 1. The molecule has 0 spiro atoms. The van der Waals surface area contributed by atoms with Gasteiger partial charge < -0.3 is 15.7 Å². The van der Waals surface area contributed by atoms with Crippen molar-refractivity contribution in [2.45, 2.75) is 0 Å². The fraction of sp³-hybridized carbons (Fsp3) is 0. The number of carbonyl (C=O) groups is 1. The average Bonchev–Trinajstić information content (AvgIpc) is 2.65. The van der Waals surface area contributed by atoms with Gasteiger partial charge in [-0.2, -0.15) is 0 Å². The number of benzene rings is 4. The molecule has 26 heavy (non-hydrogen) atoms. The Morgan fingerprint density at radius 1 is 0.808 bits per heavy atom. The SMILES string of the molecule is O=C(Nc1ccc2ccccc2c1)Nc1cccc2ccc(O)c(F)c12. The van der Waals surface area contributed by atoms with Crippen molar-refractivity contribution in [2.24, 2.45) is 0 Å². The second kappa shape index (κ2) is 6.37. The summed E-state index contributed by atoms with van der Waals surface area (Å²) in [4.78, 5) is 12.4. The molecule has 0 fully saturated rings. The molecular weight excluding hydrogens is 331 g/mol. The van der Waals surface area contributed by atoms with Crippen LogP contribution in [-0.2, 0) is 0 Å². The third-order valence-electron chi connectivity index (χ3n) is 4.22. The summed E-state index contributed by atoms with van der Waals surface area (Å²) >= 11 is 0. The second-order valence-electron chi connectivity index (χ2n) is 5.94. The Kier molecular flexibility index (Phi) is 3.89. The van der Waals surface area contributed by atoms with E-state index in [2.05, 4.69) is 10.6 Å². The first kappa shape index (κ1) is 15.9. The highest BCUT2D eigenvalue weighted by atomic mass is 19.1. The largest absolute Gasteiger partial charge is 0.505 e. The summed E-state index contributed by atoms with van der Waals surface area (Å²) in [5.74, 6) is -1.22. The molecule has 0 aliphatic carbocycles. The molecule has 4 aromatic carbocycles. The average molecular weight is 346 g/mol. The minimum absolute atomic E-state index is 0.168. The van der Waals surface area contributed by atoms with Gasteiger partial charge in [0.15, 0.2) is 11.6 Å². The number of phenols is 1. The van der Waals surface area contributed by atoms with E-state index >= 15 is 0 Å². The van der Waals surface area contributed by atoms with Gasteiger partial charge in [0.05, 0.1) is 5.69 Å². The van der Waals surface area contributed by atoms with E-state index in [1.165, 1.54) is 6.07 Å². The number of halogens is 1. The van der Waals surface area contributed by atoms with Crippen molar-refractivity contribution < 1.29 is 14.3 Å². The van der Waals surface area contributed by atoms with E-state index in [4.69, 9.17) is 0 Å². The molecule has 0 aliphatic heterocycles. The highest BCUT2D eigenvalue weighted by Crippen LogP contribution is 2.31. The summed E-state index contributed by atoms with van der Waals surface area (Å²) in [5, 5.41) is 17.8. The van der Waals surface area contributed by atoms with E-state index in [0.29, 0.717) is 11.1 Å². The lowest BCUT2D eigenvalue weighted by atomic mass is 10.1. The van der Waals surface area contributed by atoms with E-state index in [-0.39, 0.29) is 11.1 Å². The molecule has 0 heterocycles. The highest BCUT2D eigenvalue weighted by molar-refractivity contribution is 6.07. The number of carbonyl (C=O) groups excluding carboxylic acids is 1. The summed E-state index contributed by atoms with van der Waals surface area (Å²) in [7, 11) is 0. The van der Waals surface area contributed by atoms with Crippen LogP contribution in [0.5, 0.6) is 5.75 Å². The maximum absolute atomic E-state index is 14.3. The first-order chi connectivity index (χ1) is 12.6. The number of nitrogens with one attached hydrogen (secondary N) is 2. The number of fused-ring (bicyclic) bond motifs is 2. The molecule has 0 aliphatic rings. The normalized spacial score (nSPS) is 10.8. The van der Waals surface area contributed by atoms with Gasteiger partial charge in [-0.3, -0.25) is 0 Å². The summed E-state index contributed by atoms with van der Waals surface area (Å²) in [5.41, 5.74) is 0.916. The monoisotopic (exact) mass is 346 g/mol. The van der Waals surface area contributed by atoms with Gasteiger partial charge in [0, 0.05) is 11.1 Å². The Hall–Kier alpha value is -3.60. The van der Waals surface area contributed by atoms with E-state index < -0.39 is 17.6 Å². The fourth-order valence-corrected chi connectivity index (χ4v) is 2.98. The van der Waals surface area contributed by atoms with Crippen LogP contribution in [0.25, 0.3) is 21.5 Å². The summed E-state index contributed by atoms with van der Waals surface area (Å²) in [6, 6.07) is 20.8. The quantitative estimate of drug-likeness (QED) is 0.450. The maximum atomic E-state index is 14.3. The molecule has 0 bridgehead atoms. The molecule has 0 unspecified atom stereocenters. The van der Waals surface area contributed by atoms with Crippen molar-refractivity contribution in [1.29, 1.82) is 0 Å². The Balaban J connectivity index is 1.62. The molecule has 0 saturated carbocycles. The van der Waals surface area contributed by atoms with Crippen molar-refractivity contribution in [2.75, 3.05) is 10.6 Å². The van der Waals surface area contributed by atoms with Crippen molar-refractivity contribution in [3.05, 3.63) is 78.6 Å². The van der Waals surface area contributed by atoms with Gasteiger partial charge in [0.25, 0.3) is 0 Å². The van der Waals surface area contributed by atoms with Gasteiger partial charge in [-0.05, 0) is 40.4 Å².